The van der Waals surface area contributed by atoms with Crippen molar-refractivity contribution in [3.8, 4) is 11.8 Å². The van der Waals surface area contributed by atoms with Gasteiger partial charge in [-0.15, -0.1) is 0 Å². The maximum Gasteiger partial charge on any atom is 0.271 e. The monoisotopic (exact) mass is 257 g/mol. The summed E-state index contributed by atoms with van der Waals surface area (Å²) >= 11 is 0. The van der Waals surface area contributed by atoms with Crippen molar-refractivity contribution in [2.24, 2.45) is 11.1 Å². The summed E-state index contributed by atoms with van der Waals surface area (Å²) < 4.78 is 0. The van der Waals surface area contributed by atoms with Gasteiger partial charge in [0.05, 0.1) is 12.1 Å². The number of nitrogens with two attached hydrogens (primary N) is 1. The highest BCUT2D eigenvalue weighted by molar-refractivity contribution is 5.94. The lowest BCUT2D eigenvalue weighted by atomic mass is 9.70. The molecule has 1 fully saturated rings. The van der Waals surface area contributed by atoms with Crippen LogP contribution in [-0.2, 0) is 0 Å². The fourth-order valence-corrected chi connectivity index (χ4v) is 2.17. The molecular weight excluding hydrogens is 238 g/mol. The topological polar surface area (TPSA) is 68.0 Å². The van der Waals surface area contributed by atoms with Crippen molar-refractivity contribution in [2.75, 3.05) is 13.1 Å². The normalized spacial score (nSPS) is 15.9. The number of nitrogens with zero attached hydrogens (tertiary/aromatic N) is 1. The first-order valence-electron chi connectivity index (χ1n) is 6.57. The number of amides is 1. The third-order valence-electron chi connectivity index (χ3n) is 3.58. The fraction of sp³-hybridized carbons (Fsp3) is 0.467. The lowest BCUT2D eigenvalue weighted by Gasteiger charge is -2.38. The van der Waals surface area contributed by atoms with Crippen LogP contribution in [-0.4, -0.2) is 24.0 Å². The van der Waals surface area contributed by atoms with Crippen molar-refractivity contribution in [1.82, 2.24) is 10.3 Å². The Morgan fingerprint density at radius 1 is 1.58 bits per heavy atom. The van der Waals surface area contributed by atoms with Gasteiger partial charge in [-0.2, -0.15) is 0 Å². The van der Waals surface area contributed by atoms with Gasteiger partial charge >= 0.3 is 0 Å². The van der Waals surface area contributed by atoms with Gasteiger partial charge < -0.3 is 11.1 Å². The zero-order valence-corrected chi connectivity index (χ0v) is 11.2. The summed E-state index contributed by atoms with van der Waals surface area (Å²) in [4.78, 5) is 16.3. The lowest BCUT2D eigenvalue weighted by molar-refractivity contribution is 0.0885. The van der Waals surface area contributed by atoms with Gasteiger partial charge in [0.15, 0.2) is 0 Å². The largest absolute Gasteiger partial charge is 0.350 e. The SMILES string of the molecule is CC1(CNC(=O)c2ncccc2C#CCN)CCC1. The van der Waals surface area contributed by atoms with Gasteiger partial charge in [-0.3, -0.25) is 4.79 Å². The van der Waals surface area contributed by atoms with E-state index in [0.29, 0.717) is 17.8 Å². The first kappa shape index (κ1) is 13.6. The molecule has 1 aromatic rings. The molecule has 1 aromatic heterocycles. The Hall–Kier alpha value is -1.86. The Balaban J connectivity index is 2.06. The number of hydrogen-bond acceptors (Lipinski definition) is 3. The van der Waals surface area contributed by atoms with Crippen LogP contribution >= 0.6 is 0 Å². The molecule has 19 heavy (non-hydrogen) atoms. The first-order valence-corrected chi connectivity index (χ1v) is 6.57. The minimum absolute atomic E-state index is 0.157. The Kier molecular flexibility index (Phi) is 4.18. The van der Waals surface area contributed by atoms with Crippen molar-refractivity contribution in [3.63, 3.8) is 0 Å². The standard InChI is InChI=1S/C15H19N3O/c1-15(7-4-8-15)11-18-14(19)13-12(5-2-9-16)6-3-10-17-13/h3,6,10H,4,7-9,11,16H2,1H3,(H,18,19). The number of pyridine rings is 1. The molecule has 100 valence electrons. The van der Waals surface area contributed by atoms with Gasteiger partial charge in [-0.05, 0) is 30.4 Å². The molecule has 4 nitrogen and oxygen atoms in total. The molecule has 4 heteroatoms. The van der Waals surface area contributed by atoms with Crippen molar-refractivity contribution in [1.29, 1.82) is 0 Å². The smallest absolute Gasteiger partial charge is 0.271 e. The maximum absolute atomic E-state index is 12.1. The van der Waals surface area contributed by atoms with E-state index in [1.54, 1.807) is 18.3 Å². The molecule has 0 aromatic carbocycles. The van der Waals surface area contributed by atoms with E-state index in [1.165, 1.54) is 19.3 Å². The summed E-state index contributed by atoms with van der Waals surface area (Å²) in [5.41, 5.74) is 6.62. The Labute approximate surface area is 113 Å². The number of nitrogens with one attached hydrogen (secondary N) is 1. The number of carbonyl (C=O) groups excluding carboxylic acids is 1. The van der Waals surface area contributed by atoms with E-state index in [9.17, 15) is 4.79 Å². The molecule has 1 aliphatic rings. The van der Waals surface area contributed by atoms with Crippen molar-refractivity contribution in [2.45, 2.75) is 26.2 Å². The predicted molar refractivity (Wildman–Crippen MR) is 74.5 cm³/mol. The summed E-state index contributed by atoms with van der Waals surface area (Å²) in [5.74, 6) is 5.48. The first-order chi connectivity index (χ1) is 9.14. The van der Waals surface area contributed by atoms with Crippen molar-refractivity contribution < 1.29 is 4.79 Å². The molecule has 1 heterocycles. The molecule has 1 amide bonds. The quantitative estimate of drug-likeness (QED) is 0.802. The molecule has 1 saturated carbocycles. The molecule has 0 saturated heterocycles. The average molecular weight is 257 g/mol. The van der Waals surface area contributed by atoms with Crippen LogP contribution < -0.4 is 11.1 Å². The van der Waals surface area contributed by atoms with Gasteiger partial charge in [0.1, 0.15) is 5.69 Å². The van der Waals surface area contributed by atoms with E-state index in [4.69, 9.17) is 5.73 Å². The second-order valence-electron chi connectivity index (χ2n) is 5.25. The second kappa shape index (κ2) is 5.85. The van der Waals surface area contributed by atoms with Gasteiger partial charge in [0, 0.05) is 12.7 Å². The highest BCUT2D eigenvalue weighted by atomic mass is 16.1. The Morgan fingerprint density at radius 3 is 3.00 bits per heavy atom. The number of rotatable bonds is 3. The van der Waals surface area contributed by atoms with Crippen LogP contribution in [0.4, 0.5) is 0 Å². The minimum atomic E-state index is -0.157. The Morgan fingerprint density at radius 2 is 2.37 bits per heavy atom. The molecule has 0 radical (unpaired) electrons. The van der Waals surface area contributed by atoms with Gasteiger partial charge in [0.2, 0.25) is 0 Å². The van der Waals surface area contributed by atoms with Crippen LogP contribution in [0.25, 0.3) is 0 Å². The van der Waals surface area contributed by atoms with Crippen LogP contribution in [0.2, 0.25) is 0 Å². The summed E-state index contributed by atoms with van der Waals surface area (Å²) in [6, 6.07) is 3.56. The third-order valence-corrected chi connectivity index (χ3v) is 3.58. The van der Waals surface area contributed by atoms with Crippen molar-refractivity contribution >= 4 is 5.91 Å². The molecule has 0 spiro atoms. The minimum Gasteiger partial charge on any atom is -0.350 e. The van der Waals surface area contributed by atoms with Crippen LogP contribution in [0.5, 0.6) is 0 Å². The van der Waals surface area contributed by atoms with Gasteiger partial charge in [0.25, 0.3) is 5.91 Å². The van der Waals surface area contributed by atoms with Crippen LogP contribution in [0.3, 0.4) is 0 Å². The summed E-state index contributed by atoms with van der Waals surface area (Å²) in [6.45, 7) is 3.17. The molecule has 0 aliphatic heterocycles. The van der Waals surface area contributed by atoms with E-state index in [1.807, 2.05) is 0 Å². The highest BCUT2D eigenvalue weighted by Crippen LogP contribution is 2.39. The lowest BCUT2D eigenvalue weighted by Crippen LogP contribution is -2.40. The zero-order valence-electron chi connectivity index (χ0n) is 11.2. The van der Waals surface area contributed by atoms with Crippen LogP contribution in [0.1, 0.15) is 42.2 Å². The second-order valence-corrected chi connectivity index (χ2v) is 5.25. The number of carbonyl (C=O) groups is 1. The summed E-state index contributed by atoms with van der Waals surface area (Å²) in [5, 5.41) is 2.96. The van der Waals surface area contributed by atoms with Gasteiger partial charge in [-0.1, -0.05) is 25.2 Å². The molecule has 0 unspecified atom stereocenters. The average Bonchev–Trinajstić information content (AvgIpc) is 2.40. The van der Waals surface area contributed by atoms with E-state index in [0.717, 1.165) is 0 Å². The number of aromatic nitrogens is 1. The van der Waals surface area contributed by atoms with E-state index in [-0.39, 0.29) is 17.9 Å². The predicted octanol–water partition coefficient (Wildman–Crippen LogP) is 1.31. The van der Waals surface area contributed by atoms with Crippen LogP contribution in [0, 0.1) is 17.3 Å². The molecule has 0 atom stereocenters. The maximum atomic E-state index is 12.1. The molecular formula is C15H19N3O. The fourth-order valence-electron chi connectivity index (χ4n) is 2.17. The van der Waals surface area contributed by atoms with Gasteiger partial charge in [-0.25, -0.2) is 4.98 Å². The summed E-state index contributed by atoms with van der Waals surface area (Å²) in [6.07, 6.45) is 5.21. The van der Waals surface area contributed by atoms with E-state index in [2.05, 4.69) is 29.1 Å². The van der Waals surface area contributed by atoms with Crippen molar-refractivity contribution in [3.05, 3.63) is 29.6 Å². The highest BCUT2D eigenvalue weighted by Gasteiger charge is 2.32. The Bertz CT molecular complexity index is 524. The zero-order chi connectivity index (χ0) is 13.7. The van der Waals surface area contributed by atoms with E-state index < -0.39 is 0 Å². The molecule has 3 N–H and O–H groups in total. The van der Waals surface area contributed by atoms with Crippen LogP contribution in [0.15, 0.2) is 18.3 Å². The summed E-state index contributed by atoms with van der Waals surface area (Å²) in [7, 11) is 0. The molecule has 1 aliphatic carbocycles. The third kappa shape index (κ3) is 3.33. The molecule has 2 rings (SSSR count). The molecule has 0 bridgehead atoms. The van der Waals surface area contributed by atoms with E-state index >= 15 is 0 Å². The number of hydrogen-bond donors (Lipinski definition) is 2.